The fraction of sp³-hybridized carbons (Fsp3) is 0. The van der Waals surface area contributed by atoms with Crippen LogP contribution in [-0.2, 0) is 10.0 Å². The number of rotatable bonds is 4. The van der Waals surface area contributed by atoms with Gasteiger partial charge in [0.25, 0.3) is 0 Å². The summed E-state index contributed by atoms with van der Waals surface area (Å²) >= 11 is 0. The van der Waals surface area contributed by atoms with Crippen molar-refractivity contribution in [1.29, 1.82) is 0 Å². The molecule has 1 amide bonds. The summed E-state index contributed by atoms with van der Waals surface area (Å²) in [6.45, 7) is 0. The van der Waals surface area contributed by atoms with E-state index in [1.54, 1.807) is 0 Å². The first-order valence-corrected chi connectivity index (χ1v) is 6.98. The number of primary amides is 1. The Morgan fingerprint density at radius 2 is 1.80 bits per heavy atom. The molecule has 0 aliphatic heterocycles. The summed E-state index contributed by atoms with van der Waals surface area (Å²) in [5.41, 5.74) is 5.42. The van der Waals surface area contributed by atoms with Crippen molar-refractivity contribution in [1.82, 2.24) is 4.98 Å². The largest absolute Gasteiger partial charge is 0.438 e. The van der Waals surface area contributed by atoms with Gasteiger partial charge in [0.05, 0.1) is 0 Å². The number of amides is 1. The van der Waals surface area contributed by atoms with Gasteiger partial charge in [0, 0.05) is 11.8 Å². The molecule has 0 atom stereocenters. The third kappa shape index (κ3) is 3.11. The summed E-state index contributed by atoms with van der Waals surface area (Å²) < 4.78 is 28.1. The van der Waals surface area contributed by atoms with Crippen molar-refractivity contribution in [3.05, 3.63) is 48.2 Å². The number of sulfonamides is 1. The molecule has 0 fully saturated rings. The van der Waals surface area contributed by atoms with Crippen LogP contribution in [0, 0.1) is 0 Å². The molecule has 2 aromatic rings. The van der Waals surface area contributed by atoms with Crippen molar-refractivity contribution in [2.24, 2.45) is 10.9 Å². The number of pyridine rings is 1. The normalized spacial score (nSPS) is 11.1. The van der Waals surface area contributed by atoms with Crippen LogP contribution in [0.5, 0.6) is 11.6 Å². The van der Waals surface area contributed by atoms with Gasteiger partial charge in [-0.25, -0.2) is 18.5 Å². The fourth-order valence-electron chi connectivity index (χ4n) is 1.47. The molecule has 1 aromatic heterocycles. The first-order valence-electron chi connectivity index (χ1n) is 5.43. The maximum absolute atomic E-state index is 11.4. The number of ether oxygens (including phenoxy) is 1. The molecular formula is C12H11N3O4S. The quantitative estimate of drug-likeness (QED) is 0.854. The van der Waals surface area contributed by atoms with E-state index in [-0.39, 0.29) is 10.8 Å². The van der Waals surface area contributed by atoms with Crippen molar-refractivity contribution in [3.8, 4) is 11.6 Å². The van der Waals surface area contributed by atoms with Crippen LogP contribution >= 0.6 is 0 Å². The van der Waals surface area contributed by atoms with Crippen molar-refractivity contribution >= 4 is 15.9 Å². The highest BCUT2D eigenvalue weighted by molar-refractivity contribution is 7.89. The second-order valence-electron chi connectivity index (χ2n) is 3.84. The fourth-order valence-corrected chi connectivity index (χ4v) is 2.07. The van der Waals surface area contributed by atoms with E-state index in [0.29, 0.717) is 11.3 Å². The molecule has 8 heteroatoms. The van der Waals surface area contributed by atoms with Crippen LogP contribution in [0.4, 0.5) is 0 Å². The number of hydrogen-bond donors (Lipinski definition) is 2. The van der Waals surface area contributed by atoms with Gasteiger partial charge in [-0.2, -0.15) is 0 Å². The molecular weight excluding hydrogens is 282 g/mol. The molecule has 0 saturated heterocycles. The second-order valence-corrected chi connectivity index (χ2v) is 5.37. The number of carbonyl (C=O) groups is 1. The molecule has 104 valence electrons. The predicted octanol–water partition coefficient (Wildman–Crippen LogP) is 0.620. The third-order valence-corrected chi connectivity index (χ3v) is 3.32. The zero-order valence-electron chi connectivity index (χ0n) is 10.2. The van der Waals surface area contributed by atoms with Crippen molar-refractivity contribution < 1.29 is 17.9 Å². The van der Waals surface area contributed by atoms with Crippen LogP contribution in [-0.4, -0.2) is 19.3 Å². The zero-order chi connectivity index (χ0) is 14.8. The average Bonchev–Trinajstić information content (AvgIpc) is 2.38. The summed E-state index contributed by atoms with van der Waals surface area (Å²) in [6.07, 6.45) is 1.38. The standard InChI is InChI=1S/C12H11N3O4S/c13-11(16)8-3-5-9(6-4-8)19-12-10(20(14,17)18)2-1-7-15-12/h1-7H,(H2,13,16)(H2,14,17,18). The van der Waals surface area contributed by atoms with E-state index in [1.807, 2.05) is 0 Å². The lowest BCUT2D eigenvalue weighted by Crippen LogP contribution is -2.13. The molecule has 0 bridgehead atoms. The van der Waals surface area contributed by atoms with Gasteiger partial charge >= 0.3 is 0 Å². The molecule has 0 aliphatic rings. The van der Waals surface area contributed by atoms with E-state index >= 15 is 0 Å². The van der Waals surface area contributed by atoms with Gasteiger partial charge in [0.2, 0.25) is 21.8 Å². The minimum Gasteiger partial charge on any atom is -0.438 e. The van der Waals surface area contributed by atoms with Gasteiger partial charge in [-0.15, -0.1) is 0 Å². The van der Waals surface area contributed by atoms with Crippen molar-refractivity contribution in [2.45, 2.75) is 4.90 Å². The van der Waals surface area contributed by atoms with Crippen LogP contribution in [0.1, 0.15) is 10.4 Å². The lowest BCUT2D eigenvalue weighted by molar-refractivity contribution is 0.100. The molecule has 1 heterocycles. The summed E-state index contributed by atoms with van der Waals surface area (Å²) in [7, 11) is -3.94. The van der Waals surface area contributed by atoms with Crippen molar-refractivity contribution in [3.63, 3.8) is 0 Å². The van der Waals surface area contributed by atoms with Gasteiger partial charge in [0.15, 0.2) is 0 Å². The molecule has 20 heavy (non-hydrogen) atoms. The average molecular weight is 293 g/mol. The Hall–Kier alpha value is -2.45. The SMILES string of the molecule is NC(=O)c1ccc(Oc2ncccc2S(N)(=O)=O)cc1. The lowest BCUT2D eigenvalue weighted by Gasteiger charge is -2.08. The molecule has 7 nitrogen and oxygen atoms in total. The predicted molar refractivity (Wildman–Crippen MR) is 70.6 cm³/mol. The molecule has 0 aliphatic carbocycles. The zero-order valence-corrected chi connectivity index (χ0v) is 11.0. The van der Waals surface area contributed by atoms with E-state index in [0.717, 1.165) is 0 Å². The van der Waals surface area contributed by atoms with Gasteiger partial charge in [-0.1, -0.05) is 0 Å². The minimum absolute atomic E-state index is 0.137. The lowest BCUT2D eigenvalue weighted by atomic mass is 10.2. The Bertz CT molecular complexity index is 742. The van der Waals surface area contributed by atoms with Crippen LogP contribution in [0.25, 0.3) is 0 Å². The number of carbonyl (C=O) groups excluding carboxylic acids is 1. The summed E-state index contributed by atoms with van der Waals surface area (Å²) in [5.74, 6) is -0.403. The molecule has 0 unspecified atom stereocenters. The van der Waals surface area contributed by atoms with E-state index in [4.69, 9.17) is 15.6 Å². The van der Waals surface area contributed by atoms with E-state index < -0.39 is 15.9 Å². The van der Waals surface area contributed by atoms with Crippen LogP contribution in [0.3, 0.4) is 0 Å². The number of benzene rings is 1. The summed E-state index contributed by atoms with van der Waals surface area (Å²) in [6, 6.07) is 8.58. The van der Waals surface area contributed by atoms with Gasteiger partial charge in [-0.05, 0) is 36.4 Å². The number of nitrogens with two attached hydrogens (primary N) is 2. The highest BCUT2D eigenvalue weighted by Crippen LogP contribution is 2.25. The molecule has 0 radical (unpaired) electrons. The summed E-state index contributed by atoms with van der Waals surface area (Å²) in [5, 5.41) is 5.07. The Labute approximate surface area is 115 Å². The van der Waals surface area contributed by atoms with E-state index in [1.165, 1.54) is 42.6 Å². The maximum atomic E-state index is 11.4. The van der Waals surface area contributed by atoms with Crippen LogP contribution in [0.15, 0.2) is 47.5 Å². The van der Waals surface area contributed by atoms with E-state index in [9.17, 15) is 13.2 Å². The first kappa shape index (κ1) is 14.0. The Morgan fingerprint density at radius 1 is 1.15 bits per heavy atom. The van der Waals surface area contributed by atoms with Gasteiger partial charge in [0.1, 0.15) is 10.6 Å². The smallest absolute Gasteiger partial charge is 0.248 e. The number of aromatic nitrogens is 1. The Balaban J connectivity index is 2.33. The topological polar surface area (TPSA) is 125 Å². The van der Waals surface area contributed by atoms with Gasteiger partial charge < -0.3 is 10.5 Å². The monoisotopic (exact) mass is 293 g/mol. The Morgan fingerprint density at radius 3 is 2.35 bits per heavy atom. The van der Waals surface area contributed by atoms with Gasteiger partial charge in [-0.3, -0.25) is 4.79 Å². The molecule has 0 saturated carbocycles. The minimum atomic E-state index is -3.94. The molecule has 4 N–H and O–H groups in total. The summed E-state index contributed by atoms with van der Waals surface area (Å²) in [4.78, 5) is 14.5. The van der Waals surface area contributed by atoms with Crippen molar-refractivity contribution in [2.75, 3.05) is 0 Å². The number of primary sulfonamides is 1. The Kier molecular flexibility index (Phi) is 3.68. The van der Waals surface area contributed by atoms with E-state index in [2.05, 4.69) is 4.98 Å². The number of hydrogen-bond acceptors (Lipinski definition) is 5. The first-order chi connectivity index (χ1) is 9.38. The van der Waals surface area contributed by atoms with Crippen LogP contribution < -0.4 is 15.6 Å². The highest BCUT2D eigenvalue weighted by atomic mass is 32.2. The third-order valence-electron chi connectivity index (χ3n) is 2.40. The maximum Gasteiger partial charge on any atom is 0.248 e. The molecule has 0 spiro atoms. The number of nitrogens with zero attached hydrogens (tertiary/aromatic N) is 1. The van der Waals surface area contributed by atoms with Crippen LogP contribution in [0.2, 0.25) is 0 Å². The molecule has 2 rings (SSSR count). The second kappa shape index (κ2) is 5.27. The molecule has 1 aromatic carbocycles. The highest BCUT2D eigenvalue weighted by Gasteiger charge is 2.16.